The smallest absolute Gasteiger partial charge is 0.180 e. The largest absolute Gasteiger partial charge is 0.495 e. The van der Waals surface area contributed by atoms with Gasteiger partial charge in [-0.25, -0.2) is 0 Å². The summed E-state index contributed by atoms with van der Waals surface area (Å²) in [4.78, 5) is 0. The van der Waals surface area contributed by atoms with Crippen LogP contribution in [0.15, 0.2) is 24.3 Å². The van der Waals surface area contributed by atoms with Gasteiger partial charge in [-0.05, 0) is 24.4 Å². The number of nitrogens with one attached hydrogen (secondary N) is 2. The van der Waals surface area contributed by atoms with E-state index in [1.165, 1.54) is 0 Å². The van der Waals surface area contributed by atoms with E-state index in [2.05, 4.69) is 25.8 Å². The number of thiocarbonyl (C=S) groups is 1. The molecule has 0 bridgehead atoms. The zero-order valence-corrected chi connectivity index (χ0v) is 9.41. The van der Waals surface area contributed by atoms with E-state index in [-0.39, 0.29) is 0 Å². The number of halogens is 1. The third kappa shape index (κ3) is 2.86. The van der Waals surface area contributed by atoms with Crippen LogP contribution in [-0.4, -0.2) is 12.2 Å². The first kappa shape index (κ1) is 10.3. The van der Waals surface area contributed by atoms with Crippen molar-refractivity contribution in [1.29, 1.82) is 0 Å². The van der Waals surface area contributed by atoms with Gasteiger partial charge in [-0.2, -0.15) is 0 Å². The Kier molecular flexibility index (Phi) is 3.98. The van der Waals surface area contributed by atoms with E-state index in [4.69, 9.17) is 17.0 Å². The molecular weight excluding hydrogens is 252 g/mol. The predicted octanol–water partition coefficient (Wildman–Crippen LogP) is 2.29. The van der Waals surface area contributed by atoms with Crippen molar-refractivity contribution in [1.82, 2.24) is 4.34 Å². The number of anilines is 1. The Hall–Kier alpha value is -0.810. The van der Waals surface area contributed by atoms with E-state index in [0.717, 1.165) is 11.4 Å². The van der Waals surface area contributed by atoms with Crippen molar-refractivity contribution in [3.05, 3.63) is 24.3 Å². The molecule has 0 atom stereocenters. The maximum atomic E-state index is 5.13. The molecule has 0 saturated heterocycles. The topological polar surface area (TPSA) is 33.3 Å². The third-order valence-corrected chi connectivity index (χ3v) is 2.30. The summed E-state index contributed by atoms with van der Waals surface area (Å²) >= 11 is 7.94. The maximum absolute atomic E-state index is 5.13. The lowest BCUT2D eigenvalue weighted by Gasteiger charge is -2.09. The Morgan fingerprint density at radius 1 is 1.46 bits per heavy atom. The van der Waals surface area contributed by atoms with Crippen LogP contribution in [0.2, 0.25) is 0 Å². The molecule has 5 heteroatoms. The highest BCUT2D eigenvalue weighted by Crippen LogP contribution is 2.22. The van der Waals surface area contributed by atoms with Crippen LogP contribution in [0.25, 0.3) is 0 Å². The number of benzene rings is 1. The predicted molar refractivity (Wildman–Crippen MR) is 61.3 cm³/mol. The van der Waals surface area contributed by atoms with Crippen LogP contribution in [-0.2, 0) is 0 Å². The van der Waals surface area contributed by atoms with E-state index in [9.17, 15) is 0 Å². The van der Waals surface area contributed by atoms with Crippen LogP contribution in [0.1, 0.15) is 0 Å². The van der Waals surface area contributed by atoms with Gasteiger partial charge in [0.1, 0.15) is 5.75 Å². The molecule has 1 rings (SSSR count). The monoisotopic (exact) mass is 260 g/mol. The van der Waals surface area contributed by atoms with Crippen LogP contribution >= 0.6 is 28.4 Å². The number of hydrogen-bond acceptors (Lipinski definition) is 2. The molecule has 2 N–H and O–H groups in total. The summed E-state index contributed by atoms with van der Waals surface area (Å²) in [6.45, 7) is 0. The van der Waals surface area contributed by atoms with Crippen LogP contribution in [0.5, 0.6) is 5.75 Å². The van der Waals surface area contributed by atoms with Crippen molar-refractivity contribution in [2.45, 2.75) is 0 Å². The lowest BCUT2D eigenvalue weighted by atomic mass is 10.3. The van der Waals surface area contributed by atoms with Crippen molar-refractivity contribution in [3.8, 4) is 5.75 Å². The van der Waals surface area contributed by atoms with E-state index in [1.807, 2.05) is 24.3 Å². The first-order chi connectivity index (χ1) is 6.27. The molecule has 0 spiro atoms. The lowest BCUT2D eigenvalue weighted by Crippen LogP contribution is -2.19. The van der Waals surface area contributed by atoms with Crippen molar-refractivity contribution in [2.75, 3.05) is 12.4 Å². The van der Waals surface area contributed by atoms with Crippen molar-refractivity contribution < 1.29 is 4.74 Å². The fourth-order valence-corrected chi connectivity index (χ4v) is 1.10. The van der Waals surface area contributed by atoms with Crippen LogP contribution in [0.4, 0.5) is 5.69 Å². The summed E-state index contributed by atoms with van der Waals surface area (Å²) in [5.41, 5.74) is 0.835. The van der Waals surface area contributed by atoms with Gasteiger partial charge >= 0.3 is 0 Å². The molecule has 1 aromatic rings. The molecule has 0 aliphatic heterocycles. The first-order valence-corrected chi connectivity index (χ1v) is 4.78. The molecule has 1 aromatic carbocycles. The second-order valence-electron chi connectivity index (χ2n) is 2.25. The quantitative estimate of drug-likeness (QED) is 0.632. The molecule has 0 radical (unpaired) electrons. The summed E-state index contributed by atoms with van der Waals surface area (Å²) in [7, 11) is 1.62. The zero-order chi connectivity index (χ0) is 9.68. The highest BCUT2D eigenvalue weighted by Gasteiger charge is 2.01. The van der Waals surface area contributed by atoms with Crippen LogP contribution in [0, 0.1) is 0 Å². The molecule has 0 saturated carbocycles. The molecular formula is C8H9BrN2OS. The van der Waals surface area contributed by atoms with E-state index in [1.54, 1.807) is 7.11 Å². The standard InChI is InChI=1S/C8H9BrN2OS/c1-12-7-5-3-2-4-6(7)10-8(13)11-9/h2-5H,1H3,(H2,10,11,13). The van der Waals surface area contributed by atoms with Gasteiger partial charge in [0.15, 0.2) is 5.11 Å². The Balaban J connectivity index is 2.81. The van der Waals surface area contributed by atoms with E-state index >= 15 is 0 Å². The number of hydrogen-bond donors (Lipinski definition) is 2. The molecule has 70 valence electrons. The fraction of sp³-hybridized carbons (Fsp3) is 0.125. The Morgan fingerprint density at radius 3 is 2.77 bits per heavy atom. The van der Waals surface area contributed by atoms with Crippen molar-refractivity contribution in [3.63, 3.8) is 0 Å². The molecule has 0 aliphatic rings. The van der Waals surface area contributed by atoms with Crippen LogP contribution < -0.4 is 14.4 Å². The van der Waals surface area contributed by atoms with Gasteiger partial charge in [0.2, 0.25) is 0 Å². The average molecular weight is 261 g/mol. The summed E-state index contributed by atoms with van der Waals surface area (Å²) in [6, 6.07) is 7.55. The second kappa shape index (κ2) is 5.04. The van der Waals surface area contributed by atoms with Gasteiger partial charge in [0.25, 0.3) is 0 Å². The molecule has 0 aliphatic carbocycles. The van der Waals surface area contributed by atoms with E-state index < -0.39 is 0 Å². The van der Waals surface area contributed by atoms with Gasteiger partial charge in [-0.3, -0.25) is 4.34 Å². The fourth-order valence-electron chi connectivity index (χ4n) is 0.894. The molecule has 0 heterocycles. The van der Waals surface area contributed by atoms with Gasteiger partial charge in [-0.15, -0.1) is 0 Å². The van der Waals surface area contributed by atoms with Gasteiger partial charge in [0.05, 0.1) is 12.8 Å². The molecule has 0 aromatic heterocycles. The van der Waals surface area contributed by atoms with Crippen LogP contribution in [0.3, 0.4) is 0 Å². The highest BCUT2D eigenvalue weighted by molar-refractivity contribution is 9.08. The summed E-state index contributed by atoms with van der Waals surface area (Å²) < 4.78 is 7.77. The minimum absolute atomic E-state index is 0.490. The molecule has 0 amide bonds. The highest BCUT2D eigenvalue weighted by atomic mass is 79.9. The maximum Gasteiger partial charge on any atom is 0.180 e. The second-order valence-corrected chi connectivity index (χ2v) is 3.05. The summed E-state index contributed by atoms with van der Waals surface area (Å²) in [5, 5.41) is 3.45. The summed E-state index contributed by atoms with van der Waals surface area (Å²) in [5.74, 6) is 0.757. The molecule has 0 unspecified atom stereocenters. The van der Waals surface area contributed by atoms with Gasteiger partial charge < -0.3 is 10.1 Å². The molecule has 0 fully saturated rings. The summed E-state index contributed by atoms with van der Waals surface area (Å²) in [6.07, 6.45) is 0. The SMILES string of the molecule is COc1ccccc1NC(=S)NBr. The van der Waals surface area contributed by atoms with Gasteiger partial charge in [-0.1, -0.05) is 12.1 Å². The Morgan fingerprint density at radius 2 is 2.15 bits per heavy atom. The minimum Gasteiger partial charge on any atom is -0.495 e. The molecule has 3 nitrogen and oxygen atoms in total. The van der Waals surface area contributed by atoms with E-state index in [0.29, 0.717) is 5.11 Å². The Bertz CT molecular complexity index is 306. The zero-order valence-electron chi connectivity index (χ0n) is 7.00. The number of ether oxygens (including phenoxy) is 1. The van der Waals surface area contributed by atoms with Crippen molar-refractivity contribution in [2.24, 2.45) is 0 Å². The number of methoxy groups -OCH3 is 1. The Labute approximate surface area is 90.8 Å². The number of para-hydroxylation sites is 2. The molecule has 13 heavy (non-hydrogen) atoms. The minimum atomic E-state index is 0.490. The average Bonchev–Trinajstić information content (AvgIpc) is 2.18. The third-order valence-electron chi connectivity index (χ3n) is 1.44. The van der Waals surface area contributed by atoms with Crippen molar-refractivity contribution >= 4 is 39.2 Å². The number of rotatable bonds is 2. The van der Waals surface area contributed by atoms with Gasteiger partial charge in [0, 0.05) is 16.1 Å². The lowest BCUT2D eigenvalue weighted by molar-refractivity contribution is 0.417. The first-order valence-electron chi connectivity index (χ1n) is 3.58. The normalized spacial score (nSPS) is 9.08.